The van der Waals surface area contributed by atoms with Gasteiger partial charge in [-0.2, -0.15) is 0 Å². The Labute approximate surface area is 64.1 Å². The van der Waals surface area contributed by atoms with Gasteiger partial charge in [-0.05, 0) is 18.9 Å². The first-order chi connectivity index (χ1) is 4.92. The maximum absolute atomic E-state index is 5.51. The molecule has 2 nitrogen and oxygen atoms in total. The number of hydrogen-bond donors (Lipinski definition) is 1. The van der Waals surface area contributed by atoms with Crippen LogP contribution in [-0.4, -0.2) is 11.5 Å². The van der Waals surface area contributed by atoms with Crippen LogP contribution in [-0.2, 0) is 0 Å². The van der Waals surface area contributed by atoms with Gasteiger partial charge in [-0.1, -0.05) is 0 Å². The van der Waals surface area contributed by atoms with Crippen LogP contribution in [0, 0.1) is 5.92 Å². The highest BCUT2D eigenvalue weighted by atomic mass is 32.1. The van der Waals surface area contributed by atoms with Gasteiger partial charge in [0.05, 0.1) is 5.01 Å². The van der Waals surface area contributed by atoms with Gasteiger partial charge in [0, 0.05) is 17.5 Å². The molecule has 0 bridgehead atoms. The Morgan fingerprint density at radius 1 is 1.80 bits per heavy atom. The maximum atomic E-state index is 5.51. The van der Waals surface area contributed by atoms with Crippen LogP contribution in [0.15, 0.2) is 11.6 Å². The molecule has 0 amide bonds. The zero-order valence-electron chi connectivity index (χ0n) is 5.66. The van der Waals surface area contributed by atoms with Crippen molar-refractivity contribution < 1.29 is 0 Å². The molecule has 0 aromatic carbocycles. The number of nitrogens with two attached hydrogens (primary N) is 1. The van der Waals surface area contributed by atoms with E-state index in [1.807, 2.05) is 11.6 Å². The van der Waals surface area contributed by atoms with Gasteiger partial charge in [0.15, 0.2) is 0 Å². The number of aromatic nitrogens is 1. The zero-order valence-corrected chi connectivity index (χ0v) is 6.47. The smallest absolute Gasteiger partial charge is 0.0959 e. The van der Waals surface area contributed by atoms with Gasteiger partial charge in [0.1, 0.15) is 0 Å². The molecule has 0 aliphatic heterocycles. The van der Waals surface area contributed by atoms with Gasteiger partial charge < -0.3 is 5.73 Å². The van der Waals surface area contributed by atoms with E-state index in [0.29, 0.717) is 5.92 Å². The Balaban J connectivity index is 2.05. The highest BCUT2D eigenvalue weighted by molar-refractivity contribution is 7.09. The maximum Gasteiger partial charge on any atom is 0.0959 e. The second-order valence-electron chi connectivity index (χ2n) is 2.71. The van der Waals surface area contributed by atoms with Gasteiger partial charge in [-0.25, -0.2) is 4.98 Å². The number of rotatable bonds is 2. The van der Waals surface area contributed by atoms with E-state index in [4.69, 9.17) is 5.73 Å². The van der Waals surface area contributed by atoms with Crippen LogP contribution in [0.25, 0.3) is 0 Å². The van der Waals surface area contributed by atoms with Crippen LogP contribution in [0.5, 0.6) is 0 Å². The lowest BCUT2D eigenvalue weighted by atomic mass is 10.3. The molecule has 10 heavy (non-hydrogen) atoms. The minimum atomic E-state index is 0.699. The highest BCUT2D eigenvalue weighted by Crippen LogP contribution is 2.47. The molecule has 1 aromatic heterocycles. The van der Waals surface area contributed by atoms with Crippen molar-refractivity contribution in [3.63, 3.8) is 0 Å². The molecule has 1 fully saturated rings. The van der Waals surface area contributed by atoms with Gasteiger partial charge >= 0.3 is 0 Å². The van der Waals surface area contributed by atoms with E-state index < -0.39 is 0 Å². The summed E-state index contributed by atoms with van der Waals surface area (Å²) >= 11 is 1.75. The van der Waals surface area contributed by atoms with Crippen LogP contribution in [0.1, 0.15) is 17.3 Å². The summed E-state index contributed by atoms with van der Waals surface area (Å²) in [6, 6.07) is 0. The predicted octanol–water partition coefficient (Wildman–Crippen LogP) is 1.21. The largest absolute Gasteiger partial charge is 0.330 e. The van der Waals surface area contributed by atoms with Crippen LogP contribution in [0.2, 0.25) is 0 Å². The summed E-state index contributed by atoms with van der Waals surface area (Å²) in [6.45, 7) is 0.824. The molecule has 0 radical (unpaired) electrons. The predicted molar refractivity (Wildman–Crippen MR) is 42.0 cm³/mol. The Bertz CT molecular complexity index is 207. The molecule has 54 valence electrons. The van der Waals surface area contributed by atoms with Crippen molar-refractivity contribution in [2.24, 2.45) is 11.7 Å². The molecule has 1 heterocycles. The summed E-state index contributed by atoms with van der Waals surface area (Å²) in [7, 11) is 0. The Morgan fingerprint density at radius 2 is 2.70 bits per heavy atom. The fraction of sp³-hybridized carbons (Fsp3) is 0.571. The zero-order chi connectivity index (χ0) is 6.97. The van der Waals surface area contributed by atoms with Gasteiger partial charge in [0.2, 0.25) is 0 Å². The average Bonchev–Trinajstić information content (AvgIpc) is 2.56. The monoisotopic (exact) mass is 154 g/mol. The Hall–Kier alpha value is -0.410. The second kappa shape index (κ2) is 2.32. The molecule has 1 aromatic rings. The summed E-state index contributed by atoms with van der Waals surface area (Å²) in [5, 5.41) is 3.30. The van der Waals surface area contributed by atoms with Crippen molar-refractivity contribution in [2.45, 2.75) is 12.3 Å². The topological polar surface area (TPSA) is 38.9 Å². The molecule has 3 heteroatoms. The molecule has 1 saturated carbocycles. The van der Waals surface area contributed by atoms with Crippen LogP contribution in [0.4, 0.5) is 0 Å². The quantitative estimate of drug-likeness (QED) is 0.695. The lowest BCUT2D eigenvalue weighted by Crippen LogP contribution is -2.01. The van der Waals surface area contributed by atoms with Gasteiger partial charge in [-0.15, -0.1) is 11.3 Å². The number of thiazole rings is 1. The van der Waals surface area contributed by atoms with E-state index in [0.717, 1.165) is 12.5 Å². The highest BCUT2D eigenvalue weighted by Gasteiger charge is 2.38. The minimum Gasteiger partial charge on any atom is -0.330 e. The number of nitrogens with zero attached hydrogens (tertiary/aromatic N) is 1. The Kier molecular flexibility index (Phi) is 1.47. The molecule has 1 aliphatic rings. The van der Waals surface area contributed by atoms with Gasteiger partial charge in [-0.3, -0.25) is 0 Å². The summed E-state index contributed by atoms with van der Waals surface area (Å²) in [4.78, 5) is 4.24. The van der Waals surface area contributed by atoms with Crippen molar-refractivity contribution in [2.75, 3.05) is 6.54 Å². The molecule has 0 saturated heterocycles. The van der Waals surface area contributed by atoms with Crippen molar-refractivity contribution in [1.82, 2.24) is 4.98 Å². The second-order valence-corrected chi connectivity index (χ2v) is 3.63. The first-order valence-corrected chi connectivity index (χ1v) is 4.39. The van der Waals surface area contributed by atoms with Crippen molar-refractivity contribution in [3.8, 4) is 0 Å². The van der Waals surface area contributed by atoms with E-state index >= 15 is 0 Å². The standard InChI is InChI=1S/C7H10N2S/c8-4-5-3-6(5)7-9-1-2-10-7/h1-2,5-6H,3-4,8H2/t5-,6+/m0/s1. The van der Waals surface area contributed by atoms with Crippen LogP contribution >= 0.6 is 11.3 Å². The van der Waals surface area contributed by atoms with Gasteiger partial charge in [0.25, 0.3) is 0 Å². The van der Waals surface area contributed by atoms with E-state index in [9.17, 15) is 0 Å². The number of hydrogen-bond acceptors (Lipinski definition) is 3. The van der Waals surface area contributed by atoms with Crippen LogP contribution < -0.4 is 5.73 Å². The fourth-order valence-corrected chi connectivity index (χ4v) is 2.07. The Morgan fingerprint density at radius 3 is 3.20 bits per heavy atom. The molecule has 1 aliphatic carbocycles. The molecule has 0 unspecified atom stereocenters. The normalized spacial score (nSPS) is 30.5. The molecule has 2 rings (SSSR count). The van der Waals surface area contributed by atoms with E-state index in [2.05, 4.69) is 4.98 Å². The molecule has 2 N–H and O–H groups in total. The molecular weight excluding hydrogens is 144 g/mol. The third-order valence-electron chi connectivity index (χ3n) is 1.99. The summed E-state index contributed by atoms with van der Waals surface area (Å²) in [6.07, 6.45) is 3.12. The van der Waals surface area contributed by atoms with E-state index in [1.165, 1.54) is 11.4 Å². The molecule has 0 spiro atoms. The molecular formula is C7H10N2S. The summed E-state index contributed by atoms with van der Waals surface area (Å²) in [5.41, 5.74) is 5.51. The third kappa shape index (κ3) is 0.954. The third-order valence-corrected chi connectivity index (χ3v) is 2.90. The first-order valence-electron chi connectivity index (χ1n) is 3.51. The van der Waals surface area contributed by atoms with Crippen LogP contribution in [0.3, 0.4) is 0 Å². The van der Waals surface area contributed by atoms with Crippen molar-refractivity contribution >= 4 is 11.3 Å². The minimum absolute atomic E-state index is 0.699. The average molecular weight is 154 g/mol. The van der Waals surface area contributed by atoms with Crippen molar-refractivity contribution in [1.29, 1.82) is 0 Å². The molecule has 2 atom stereocenters. The summed E-state index contributed by atoms with van der Waals surface area (Å²) in [5.74, 6) is 1.43. The summed E-state index contributed by atoms with van der Waals surface area (Å²) < 4.78 is 0. The lowest BCUT2D eigenvalue weighted by Gasteiger charge is -1.88. The van der Waals surface area contributed by atoms with E-state index in [1.54, 1.807) is 11.3 Å². The SMILES string of the molecule is NC[C@@H]1C[C@H]1c1nccs1. The fourth-order valence-electron chi connectivity index (χ4n) is 1.23. The van der Waals surface area contributed by atoms with E-state index in [-0.39, 0.29) is 0 Å². The first kappa shape index (κ1) is 6.31. The lowest BCUT2D eigenvalue weighted by molar-refractivity contribution is 0.806. The van der Waals surface area contributed by atoms with Crippen molar-refractivity contribution in [3.05, 3.63) is 16.6 Å².